The topological polar surface area (TPSA) is 54.7 Å². The Kier molecular flexibility index (Phi) is 2.29. The maximum atomic E-state index is 8.39. The van der Waals surface area contributed by atoms with Crippen LogP contribution in [0.25, 0.3) is 0 Å². The van der Waals surface area contributed by atoms with E-state index in [1.165, 1.54) is 0 Å². The van der Waals surface area contributed by atoms with Gasteiger partial charge in [-0.1, -0.05) is 0 Å². The Hall–Kier alpha value is -1.27. The number of aryl methyl sites for hydroxylation is 1. The van der Waals surface area contributed by atoms with Gasteiger partial charge in [-0.05, 0) is 12.1 Å². The highest BCUT2D eigenvalue weighted by Gasteiger charge is 2.06. The van der Waals surface area contributed by atoms with Crippen LogP contribution in [0.2, 0.25) is 0 Å². The lowest BCUT2D eigenvalue weighted by Gasteiger charge is -2.07. The molecule has 0 fully saturated rings. The molecule has 1 aromatic rings. The van der Waals surface area contributed by atoms with Gasteiger partial charge in [0.1, 0.15) is 0 Å². The Balaban J connectivity index is 2.77. The average molecular weight is 149 g/mol. The molecule has 1 rings (SSSR count). The van der Waals surface area contributed by atoms with E-state index < -0.39 is 0 Å². The van der Waals surface area contributed by atoms with Crippen molar-refractivity contribution in [1.82, 2.24) is 4.57 Å². The van der Waals surface area contributed by atoms with Crippen molar-refractivity contribution in [2.24, 2.45) is 12.8 Å². The quantitative estimate of drug-likeness (QED) is 0.680. The molecule has 3 nitrogen and oxygen atoms in total. The zero-order valence-electron chi connectivity index (χ0n) is 6.49. The van der Waals surface area contributed by atoms with Gasteiger partial charge in [-0.25, -0.2) is 0 Å². The van der Waals surface area contributed by atoms with Crippen molar-refractivity contribution in [2.75, 3.05) is 0 Å². The van der Waals surface area contributed by atoms with Crippen LogP contribution < -0.4 is 5.73 Å². The Morgan fingerprint density at radius 1 is 1.82 bits per heavy atom. The van der Waals surface area contributed by atoms with Gasteiger partial charge in [0, 0.05) is 18.9 Å². The van der Waals surface area contributed by atoms with Crippen LogP contribution in [0.3, 0.4) is 0 Å². The van der Waals surface area contributed by atoms with Crippen molar-refractivity contribution >= 4 is 0 Å². The SMILES string of the molecule is Cn1cccc1[C@@H](N)CC#N. The highest BCUT2D eigenvalue weighted by atomic mass is 14.9. The number of nitrogens with zero attached hydrogens (tertiary/aromatic N) is 2. The second kappa shape index (κ2) is 3.22. The van der Waals surface area contributed by atoms with Gasteiger partial charge in [0.15, 0.2) is 0 Å². The minimum absolute atomic E-state index is 0.153. The smallest absolute Gasteiger partial charge is 0.0642 e. The first-order chi connectivity index (χ1) is 5.25. The van der Waals surface area contributed by atoms with Gasteiger partial charge in [0.25, 0.3) is 0 Å². The third-order valence-corrected chi connectivity index (χ3v) is 1.68. The molecule has 0 aliphatic carbocycles. The molecule has 0 saturated carbocycles. The number of rotatable bonds is 2. The van der Waals surface area contributed by atoms with Crippen molar-refractivity contribution in [3.8, 4) is 6.07 Å². The third-order valence-electron chi connectivity index (χ3n) is 1.68. The maximum absolute atomic E-state index is 8.39. The summed E-state index contributed by atoms with van der Waals surface area (Å²) in [5.74, 6) is 0. The van der Waals surface area contributed by atoms with Crippen LogP contribution in [0.4, 0.5) is 0 Å². The number of nitrogens with two attached hydrogens (primary N) is 1. The summed E-state index contributed by atoms with van der Waals surface area (Å²) in [7, 11) is 1.92. The van der Waals surface area contributed by atoms with E-state index in [-0.39, 0.29) is 6.04 Å². The first-order valence-corrected chi connectivity index (χ1v) is 3.49. The molecular formula is C8H11N3. The first-order valence-electron chi connectivity index (χ1n) is 3.49. The van der Waals surface area contributed by atoms with E-state index in [1.807, 2.05) is 36.0 Å². The molecule has 1 atom stereocenters. The first kappa shape index (κ1) is 7.83. The minimum Gasteiger partial charge on any atom is -0.353 e. The van der Waals surface area contributed by atoms with E-state index in [9.17, 15) is 0 Å². The molecule has 1 aromatic heterocycles. The van der Waals surface area contributed by atoms with Crippen molar-refractivity contribution in [3.63, 3.8) is 0 Å². The summed E-state index contributed by atoms with van der Waals surface area (Å²) in [4.78, 5) is 0. The summed E-state index contributed by atoms with van der Waals surface area (Å²) < 4.78 is 1.93. The van der Waals surface area contributed by atoms with Crippen LogP contribution in [0.1, 0.15) is 18.2 Å². The largest absolute Gasteiger partial charge is 0.353 e. The Morgan fingerprint density at radius 2 is 2.55 bits per heavy atom. The highest BCUT2D eigenvalue weighted by molar-refractivity contribution is 5.12. The lowest BCUT2D eigenvalue weighted by atomic mass is 10.2. The van der Waals surface area contributed by atoms with Crippen LogP contribution in [0.5, 0.6) is 0 Å². The molecule has 0 radical (unpaired) electrons. The standard InChI is InChI=1S/C8H11N3/c1-11-6-2-3-8(11)7(10)4-5-9/h2-3,6-7H,4,10H2,1H3/t7-/m0/s1. The molecule has 58 valence electrons. The second-order valence-corrected chi connectivity index (χ2v) is 2.51. The molecule has 11 heavy (non-hydrogen) atoms. The minimum atomic E-state index is -0.153. The molecule has 0 saturated heterocycles. The van der Waals surface area contributed by atoms with Gasteiger partial charge in [0.05, 0.1) is 18.5 Å². The Morgan fingerprint density at radius 3 is 3.00 bits per heavy atom. The van der Waals surface area contributed by atoms with Gasteiger partial charge in [-0.15, -0.1) is 0 Å². The van der Waals surface area contributed by atoms with Crippen LogP contribution in [0.15, 0.2) is 18.3 Å². The van der Waals surface area contributed by atoms with E-state index in [0.717, 1.165) is 5.69 Å². The molecule has 0 bridgehead atoms. The summed E-state index contributed by atoms with van der Waals surface area (Å²) in [6.07, 6.45) is 2.30. The summed E-state index contributed by atoms with van der Waals surface area (Å²) in [5, 5.41) is 8.39. The van der Waals surface area contributed by atoms with Crippen LogP contribution in [0, 0.1) is 11.3 Å². The van der Waals surface area contributed by atoms with E-state index in [0.29, 0.717) is 6.42 Å². The molecule has 3 heteroatoms. The molecule has 0 aliphatic rings. The summed E-state index contributed by atoms with van der Waals surface area (Å²) >= 11 is 0. The van der Waals surface area contributed by atoms with E-state index in [4.69, 9.17) is 11.0 Å². The number of hydrogen-bond donors (Lipinski definition) is 1. The normalized spacial score (nSPS) is 12.5. The van der Waals surface area contributed by atoms with Crippen LogP contribution >= 0.6 is 0 Å². The Labute approximate surface area is 66.0 Å². The lowest BCUT2D eigenvalue weighted by molar-refractivity contribution is 0.673. The van der Waals surface area contributed by atoms with Crippen molar-refractivity contribution in [1.29, 1.82) is 5.26 Å². The fourth-order valence-corrected chi connectivity index (χ4v) is 1.06. The molecule has 0 spiro atoms. The van der Waals surface area contributed by atoms with E-state index in [2.05, 4.69) is 0 Å². The number of hydrogen-bond acceptors (Lipinski definition) is 2. The van der Waals surface area contributed by atoms with E-state index in [1.54, 1.807) is 0 Å². The fraction of sp³-hybridized carbons (Fsp3) is 0.375. The predicted molar refractivity (Wildman–Crippen MR) is 42.6 cm³/mol. The molecular weight excluding hydrogens is 138 g/mol. The molecule has 1 heterocycles. The predicted octanol–water partition coefficient (Wildman–Crippen LogP) is 0.939. The lowest BCUT2D eigenvalue weighted by Crippen LogP contribution is -2.12. The van der Waals surface area contributed by atoms with Gasteiger partial charge in [-0.2, -0.15) is 5.26 Å². The fourth-order valence-electron chi connectivity index (χ4n) is 1.06. The average Bonchev–Trinajstić information content (AvgIpc) is 2.36. The van der Waals surface area contributed by atoms with Crippen molar-refractivity contribution in [3.05, 3.63) is 24.0 Å². The Bertz CT molecular complexity index is 269. The zero-order chi connectivity index (χ0) is 8.27. The monoisotopic (exact) mass is 149 g/mol. The van der Waals surface area contributed by atoms with Gasteiger partial charge in [-0.3, -0.25) is 0 Å². The van der Waals surface area contributed by atoms with E-state index >= 15 is 0 Å². The number of aromatic nitrogens is 1. The van der Waals surface area contributed by atoms with Crippen LogP contribution in [-0.2, 0) is 7.05 Å². The van der Waals surface area contributed by atoms with Gasteiger partial charge >= 0.3 is 0 Å². The summed E-state index contributed by atoms with van der Waals surface area (Å²) in [5.41, 5.74) is 6.71. The molecule has 0 aromatic carbocycles. The second-order valence-electron chi connectivity index (χ2n) is 2.51. The molecule has 2 N–H and O–H groups in total. The highest BCUT2D eigenvalue weighted by Crippen LogP contribution is 2.12. The maximum Gasteiger partial charge on any atom is 0.0642 e. The summed E-state index contributed by atoms with van der Waals surface area (Å²) in [6.45, 7) is 0. The summed E-state index contributed by atoms with van der Waals surface area (Å²) in [6, 6.07) is 5.75. The number of nitriles is 1. The van der Waals surface area contributed by atoms with Gasteiger partial charge in [0.2, 0.25) is 0 Å². The molecule has 0 amide bonds. The molecule has 0 unspecified atom stereocenters. The van der Waals surface area contributed by atoms with Crippen molar-refractivity contribution in [2.45, 2.75) is 12.5 Å². The van der Waals surface area contributed by atoms with Crippen LogP contribution in [-0.4, -0.2) is 4.57 Å². The third kappa shape index (κ3) is 1.60. The zero-order valence-corrected chi connectivity index (χ0v) is 6.49. The van der Waals surface area contributed by atoms with Gasteiger partial charge < -0.3 is 10.3 Å². The molecule has 0 aliphatic heterocycles. The van der Waals surface area contributed by atoms with Crippen molar-refractivity contribution < 1.29 is 0 Å².